The second-order valence-corrected chi connectivity index (χ2v) is 9.10. The maximum atomic E-state index is 6.55. The second kappa shape index (κ2) is 13.7. The molecule has 0 aliphatic heterocycles. The van der Waals surface area contributed by atoms with Crippen LogP contribution < -0.4 is 10.5 Å². The Balaban J connectivity index is 0.00000341. The molecule has 0 amide bonds. The number of hydrogen-bond donors (Lipinski definition) is 1. The van der Waals surface area contributed by atoms with Crippen LogP contribution in [0.25, 0.3) is 0 Å². The lowest BCUT2D eigenvalue weighted by atomic mass is 10.0. The quantitative estimate of drug-likeness (QED) is 0.305. The number of halogens is 2. The van der Waals surface area contributed by atoms with Crippen LogP contribution in [-0.4, -0.2) is 6.04 Å². The van der Waals surface area contributed by atoms with E-state index in [9.17, 15) is 0 Å². The second-order valence-electron chi connectivity index (χ2n) is 7.55. The first kappa shape index (κ1) is 25.6. The van der Waals surface area contributed by atoms with Crippen molar-refractivity contribution >= 4 is 35.8 Å². The topological polar surface area (TPSA) is 35.2 Å². The maximum Gasteiger partial charge on any atom is 0.120 e. The van der Waals surface area contributed by atoms with Crippen molar-refractivity contribution in [3.8, 4) is 5.75 Å². The van der Waals surface area contributed by atoms with Crippen LogP contribution in [0.5, 0.6) is 5.75 Å². The van der Waals surface area contributed by atoms with Gasteiger partial charge in [-0.25, -0.2) is 0 Å². The fraction of sp³-hybridized carbons (Fsp3) is 0.308. The maximum absolute atomic E-state index is 6.55. The molecule has 3 rings (SSSR count). The Bertz CT molecular complexity index is 920. The minimum atomic E-state index is 0. The normalized spacial score (nSPS) is 11.6. The molecule has 0 fully saturated rings. The summed E-state index contributed by atoms with van der Waals surface area (Å²) in [7, 11) is 0. The van der Waals surface area contributed by atoms with Crippen molar-refractivity contribution in [3.05, 3.63) is 88.9 Å². The number of ether oxygens (including phenoxy) is 1. The molecule has 0 radical (unpaired) electrons. The highest BCUT2D eigenvalue weighted by Crippen LogP contribution is 2.33. The molecule has 0 spiro atoms. The average molecular weight is 477 g/mol. The molecule has 1 unspecified atom stereocenters. The van der Waals surface area contributed by atoms with Gasteiger partial charge in [0, 0.05) is 20.9 Å². The Hall–Kier alpha value is -1.65. The Morgan fingerprint density at radius 1 is 0.935 bits per heavy atom. The lowest BCUT2D eigenvalue weighted by molar-refractivity contribution is 0.305. The molecule has 2 N–H and O–H groups in total. The predicted octanol–water partition coefficient (Wildman–Crippen LogP) is 7.94. The Morgan fingerprint density at radius 2 is 1.71 bits per heavy atom. The summed E-state index contributed by atoms with van der Waals surface area (Å²) >= 11 is 8.25. The van der Waals surface area contributed by atoms with Gasteiger partial charge in [0.25, 0.3) is 0 Å². The predicted molar refractivity (Wildman–Crippen MR) is 136 cm³/mol. The van der Waals surface area contributed by atoms with Crippen LogP contribution in [0.15, 0.2) is 82.6 Å². The van der Waals surface area contributed by atoms with Gasteiger partial charge >= 0.3 is 0 Å². The largest absolute Gasteiger partial charge is 0.489 e. The van der Waals surface area contributed by atoms with Crippen LogP contribution in [0.3, 0.4) is 0 Å². The summed E-state index contributed by atoms with van der Waals surface area (Å²) in [5.74, 6) is 0.870. The van der Waals surface area contributed by atoms with E-state index in [0.717, 1.165) is 58.2 Å². The SMILES string of the molecule is CCCC(N)CCCc1ccc(Sc2cccc(OCc3ccccc3)c2)cc1Cl.Cl. The molecular formula is C26H31Cl2NOS. The molecule has 0 aliphatic rings. The van der Waals surface area contributed by atoms with Crippen molar-refractivity contribution in [2.75, 3.05) is 0 Å². The molecule has 0 heterocycles. The molecule has 0 saturated carbocycles. The lowest BCUT2D eigenvalue weighted by Gasteiger charge is -2.11. The minimum absolute atomic E-state index is 0. The van der Waals surface area contributed by atoms with Gasteiger partial charge < -0.3 is 10.5 Å². The minimum Gasteiger partial charge on any atom is -0.489 e. The van der Waals surface area contributed by atoms with Gasteiger partial charge in [-0.3, -0.25) is 0 Å². The van der Waals surface area contributed by atoms with E-state index >= 15 is 0 Å². The Kier molecular flexibility index (Phi) is 11.3. The standard InChI is InChI=1S/C26H30ClNOS.ClH/c1-2-8-22(28)12-6-11-21-15-16-25(18-26(21)27)30-24-14-7-13-23(17-24)29-19-20-9-4-3-5-10-20;/h3-5,7,9-10,13-18,22H,2,6,8,11-12,19,28H2,1H3;1H. The molecule has 3 aromatic rings. The number of rotatable bonds is 11. The van der Waals surface area contributed by atoms with Crippen LogP contribution in [0.4, 0.5) is 0 Å². The van der Waals surface area contributed by atoms with Crippen molar-refractivity contribution in [2.24, 2.45) is 5.73 Å². The molecule has 0 bridgehead atoms. The molecule has 31 heavy (non-hydrogen) atoms. The summed E-state index contributed by atoms with van der Waals surface area (Å²) in [6.45, 7) is 2.75. The van der Waals surface area contributed by atoms with Crippen molar-refractivity contribution in [2.45, 2.75) is 61.5 Å². The van der Waals surface area contributed by atoms with Crippen LogP contribution in [0.2, 0.25) is 5.02 Å². The van der Waals surface area contributed by atoms with Gasteiger partial charge in [0.15, 0.2) is 0 Å². The fourth-order valence-corrected chi connectivity index (χ4v) is 4.62. The molecule has 1 atom stereocenters. The lowest BCUT2D eigenvalue weighted by Crippen LogP contribution is -2.19. The zero-order valence-corrected chi connectivity index (χ0v) is 20.3. The summed E-state index contributed by atoms with van der Waals surface area (Å²) < 4.78 is 5.94. The van der Waals surface area contributed by atoms with Gasteiger partial charge in [-0.1, -0.05) is 79.2 Å². The molecular weight excluding hydrogens is 445 g/mol. The number of hydrogen-bond acceptors (Lipinski definition) is 3. The van der Waals surface area contributed by atoms with Gasteiger partial charge in [-0.2, -0.15) is 0 Å². The summed E-state index contributed by atoms with van der Waals surface area (Å²) in [4.78, 5) is 2.27. The van der Waals surface area contributed by atoms with Crippen molar-refractivity contribution < 1.29 is 4.74 Å². The zero-order chi connectivity index (χ0) is 21.2. The van der Waals surface area contributed by atoms with Crippen molar-refractivity contribution in [1.82, 2.24) is 0 Å². The summed E-state index contributed by atoms with van der Waals surface area (Å²) in [6.07, 6.45) is 5.35. The van der Waals surface area contributed by atoms with E-state index in [2.05, 4.69) is 49.4 Å². The molecule has 0 aromatic heterocycles. The van der Waals surface area contributed by atoms with Gasteiger partial charge in [0.05, 0.1) is 0 Å². The summed E-state index contributed by atoms with van der Waals surface area (Å²) in [5, 5.41) is 0.834. The van der Waals surface area contributed by atoms with Crippen LogP contribution >= 0.6 is 35.8 Å². The molecule has 5 heteroatoms. The first-order chi connectivity index (χ1) is 14.6. The number of aryl methyl sites for hydroxylation is 1. The Morgan fingerprint density at radius 3 is 2.45 bits per heavy atom. The highest BCUT2D eigenvalue weighted by atomic mass is 35.5. The van der Waals surface area contributed by atoms with E-state index in [-0.39, 0.29) is 12.4 Å². The summed E-state index contributed by atoms with van der Waals surface area (Å²) in [6, 6.07) is 25.0. The smallest absolute Gasteiger partial charge is 0.120 e. The third-order valence-corrected chi connectivity index (χ3v) is 6.33. The number of benzene rings is 3. The van der Waals surface area contributed by atoms with Crippen molar-refractivity contribution in [3.63, 3.8) is 0 Å². The van der Waals surface area contributed by atoms with E-state index in [1.807, 2.05) is 30.3 Å². The first-order valence-electron chi connectivity index (χ1n) is 10.6. The van der Waals surface area contributed by atoms with Crippen LogP contribution in [0.1, 0.15) is 43.7 Å². The third-order valence-electron chi connectivity index (χ3n) is 4.99. The molecule has 3 aromatic carbocycles. The third kappa shape index (κ3) is 8.78. The van der Waals surface area contributed by atoms with E-state index in [4.69, 9.17) is 22.1 Å². The van der Waals surface area contributed by atoms with Crippen molar-refractivity contribution in [1.29, 1.82) is 0 Å². The fourth-order valence-electron chi connectivity index (χ4n) is 3.37. The van der Waals surface area contributed by atoms with E-state index in [1.165, 1.54) is 5.56 Å². The van der Waals surface area contributed by atoms with E-state index in [1.54, 1.807) is 11.8 Å². The van der Waals surface area contributed by atoms with Gasteiger partial charge in [0.2, 0.25) is 0 Å². The van der Waals surface area contributed by atoms with Crippen LogP contribution in [-0.2, 0) is 13.0 Å². The number of nitrogens with two attached hydrogens (primary N) is 1. The first-order valence-corrected chi connectivity index (χ1v) is 11.8. The Labute approximate surface area is 201 Å². The molecule has 0 saturated heterocycles. The van der Waals surface area contributed by atoms with Gasteiger partial charge in [-0.15, -0.1) is 12.4 Å². The van der Waals surface area contributed by atoms with Gasteiger partial charge in [0.1, 0.15) is 12.4 Å². The van der Waals surface area contributed by atoms with E-state index in [0.29, 0.717) is 12.6 Å². The summed E-state index contributed by atoms with van der Waals surface area (Å²) in [5.41, 5.74) is 8.48. The average Bonchev–Trinajstić information content (AvgIpc) is 2.75. The van der Waals surface area contributed by atoms with Crippen LogP contribution in [0, 0.1) is 0 Å². The monoisotopic (exact) mass is 475 g/mol. The zero-order valence-electron chi connectivity index (χ0n) is 17.9. The molecule has 2 nitrogen and oxygen atoms in total. The molecule has 166 valence electrons. The highest BCUT2D eigenvalue weighted by Gasteiger charge is 2.07. The van der Waals surface area contributed by atoms with Gasteiger partial charge in [-0.05, 0) is 67.1 Å². The van der Waals surface area contributed by atoms with E-state index < -0.39 is 0 Å². The molecule has 0 aliphatic carbocycles. The highest BCUT2D eigenvalue weighted by molar-refractivity contribution is 7.99.